The fraction of sp³-hybridized carbons (Fsp3) is 0.842. The van der Waals surface area contributed by atoms with E-state index in [4.69, 9.17) is 0 Å². The van der Waals surface area contributed by atoms with E-state index in [1.54, 1.807) is 0 Å². The van der Waals surface area contributed by atoms with Gasteiger partial charge in [-0.3, -0.25) is 4.79 Å². The van der Waals surface area contributed by atoms with Crippen molar-refractivity contribution in [1.82, 2.24) is 0 Å². The van der Waals surface area contributed by atoms with E-state index in [9.17, 15) is 9.90 Å². The van der Waals surface area contributed by atoms with Crippen molar-refractivity contribution in [2.24, 2.45) is 34.0 Å². The van der Waals surface area contributed by atoms with Crippen molar-refractivity contribution in [3.05, 3.63) is 12.2 Å². The quantitative estimate of drug-likeness (QED) is 0.735. The average Bonchev–Trinajstić information content (AvgIpc) is 2.95. The highest BCUT2D eigenvalue weighted by molar-refractivity contribution is 5.76. The Balaban J connectivity index is 1.73. The van der Waals surface area contributed by atoms with Gasteiger partial charge in [0.2, 0.25) is 0 Å². The van der Waals surface area contributed by atoms with Crippen molar-refractivity contribution in [2.45, 2.75) is 66.2 Å². The summed E-state index contributed by atoms with van der Waals surface area (Å²) in [6.45, 7) is 9.04. The molecule has 1 N–H and O–H groups in total. The lowest BCUT2D eigenvalue weighted by Gasteiger charge is -2.43. The van der Waals surface area contributed by atoms with Crippen LogP contribution in [0.15, 0.2) is 12.2 Å². The molecule has 2 heteroatoms. The number of hydrogen-bond acceptors (Lipinski definition) is 1. The molecule has 0 heterocycles. The Labute approximate surface area is 129 Å². The van der Waals surface area contributed by atoms with Crippen LogP contribution in [0.3, 0.4) is 0 Å². The topological polar surface area (TPSA) is 37.3 Å². The third-order valence-electron chi connectivity index (χ3n) is 7.03. The zero-order valence-corrected chi connectivity index (χ0v) is 14.0. The standard InChI is InChI=1S/C19H30O2/c1-17(2,3)13-5-7-14(8-6-13)19-10-9-15(11-19)18(4,12-19)16(20)21/h9-10,13-15H,5-8,11-12H2,1-4H3,(H,20,21). The number of rotatable bonds is 2. The third kappa shape index (κ3) is 2.26. The molecule has 2 bridgehead atoms. The van der Waals surface area contributed by atoms with Crippen molar-refractivity contribution in [1.29, 1.82) is 0 Å². The van der Waals surface area contributed by atoms with Gasteiger partial charge in [-0.1, -0.05) is 32.9 Å². The lowest BCUT2D eigenvalue weighted by Crippen LogP contribution is -2.37. The molecule has 0 radical (unpaired) electrons. The highest BCUT2D eigenvalue weighted by atomic mass is 16.4. The van der Waals surface area contributed by atoms with Crippen molar-refractivity contribution in [3.63, 3.8) is 0 Å². The molecule has 0 aromatic carbocycles. The molecule has 0 aromatic rings. The van der Waals surface area contributed by atoms with E-state index in [0.717, 1.165) is 18.8 Å². The van der Waals surface area contributed by atoms with E-state index in [-0.39, 0.29) is 11.3 Å². The Morgan fingerprint density at radius 3 is 2.29 bits per heavy atom. The molecular formula is C19H30O2. The monoisotopic (exact) mass is 290 g/mol. The fourth-order valence-electron chi connectivity index (χ4n) is 5.45. The van der Waals surface area contributed by atoms with Crippen LogP contribution in [0, 0.1) is 34.0 Å². The van der Waals surface area contributed by atoms with Crippen LogP contribution in [0.1, 0.15) is 66.2 Å². The molecule has 3 aliphatic carbocycles. The van der Waals surface area contributed by atoms with Gasteiger partial charge in [-0.25, -0.2) is 0 Å². The van der Waals surface area contributed by atoms with Crippen molar-refractivity contribution in [3.8, 4) is 0 Å². The summed E-state index contributed by atoms with van der Waals surface area (Å²) in [6.07, 6.45) is 11.8. The molecule has 2 fully saturated rings. The Hall–Kier alpha value is -0.790. The van der Waals surface area contributed by atoms with Crippen LogP contribution in [-0.4, -0.2) is 11.1 Å². The fourth-order valence-corrected chi connectivity index (χ4v) is 5.45. The first-order valence-electron chi connectivity index (χ1n) is 8.60. The Morgan fingerprint density at radius 1 is 1.19 bits per heavy atom. The second kappa shape index (κ2) is 4.60. The van der Waals surface area contributed by atoms with E-state index in [0.29, 0.717) is 11.3 Å². The predicted molar refractivity (Wildman–Crippen MR) is 84.9 cm³/mol. The Morgan fingerprint density at radius 2 is 1.81 bits per heavy atom. The maximum Gasteiger partial charge on any atom is 0.309 e. The molecule has 0 spiro atoms. The van der Waals surface area contributed by atoms with Crippen LogP contribution in [0.5, 0.6) is 0 Å². The van der Waals surface area contributed by atoms with Gasteiger partial charge in [0.05, 0.1) is 5.41 Å². The second-order valence-electron chi connectivity index (χ2n) is 9.22. The molecule has 0 saturated heterocycles. The summed E-state index contributed by atoms with van der Waals surface area (Å²) in [6, 6.07) is 0. The summed E-state index contributed by atoms with van der Waals surface area (Å²) in [5, 5.41) is 9.62. The minimum atomic E-state index is -0.595. The van der Waals surface area contributed by atoms with Crippen LogP contribution >= 0.6 is 0 Å². The molecule has 0 aromatic heterocycles. The molecule has 0 aliphatic heterocycles. The molecule has 118 valence electrons. The van der Waals surface area contributed by atoms with Gasteiger partial charge >= 0.3 is 5.97 Å². The lowest BCUT2D eigenvalue weighted by molar-refractivity contribution is -0.149. The van der Waals surface area contributed by atoms with Gasteiger partial charge < -0.3 is 5.11 Å². The van der Waals surface area contributed by atoms with Gasteiger partial charge in [-0.05, 0) is 74.0 Å². The summed E-state index contributed by atoms with van der Waals surface area (Å²) < 4.78 is 0. The minimum absolute atomic E-state index is 0.195. The van der Waals surface area contributed by atoms with E-state index >= 15 is 0 Å². The number of fused-ring (bicyclic) bond motifs is 2. The van der Waals surface area contributed by atoms with E-state index in [1.165, 1.54) is 25.7 Å². The summed E-state index contributed by atoms with van der Waals surface area (Å²) >= 11 is 0. The van der Waals surface area contributed by atoms with Crippen LogP contribution < -0.4 is 0 Å². The van der Waals surface area contributed by atoms with Crippen LogP contribution in [0.25, 0.3) is 0 Å². The first kappa shape index (κ1) is 15.1. The highest BCUT2D eigenvalue weighted by Gasteiger charge is 2.59. The molecule has 3 unspecified atom stereocenters. The average molecular weight is 290 g/mol. The number of allylic oxidation sites excluding steroid dienone is 2. The molecule has 3 rings (SSSR count). The Bertz CT molecular complexity index is 464. The molecule has 2 nitrogen and oxygen atoms in total. The summed E-state index contributed by atoms with van der Waals surface area (Å²) in [7, 11) is 0. The smallest absolute Gasteiger partial charge is 0.309 e. The molecule has 0 amide bonds. The normalized spacial score (nSPS) is 46.0. The first-order chi connectivity index (χ1) is 9.67. The zero-order chi connectivity index (χ0) is 15.5. The van der Waals surface area contributed by atoms with Crippen molar-refractivity contribution >= 4 is 5.97 Å². The predicted octanol–water partition coefficient (Wildman–Crippen LogP) is 4.90. The van der Waals surface area contributed by atoms with Gasteiger partial charge in [0.25, 0.3) is 0 Å². The number of aliphatic carboxylic acids is 1. The number of carboxylic acid groups (broad SMARTS) is 1. The van der Waals surface area contributed by atoms with Crippen LogP contribution in [0.4, 0.5) is 0 Å². The Kier molecular flexibility index (Phi) is 3.31. The lowest BCUT2D eigenvalue weighted by atomic mass is 9.61. The highest BCUT2D eigenvalue weighted by Crippen LogP contribution is 2.64. The number of carbonyl (C=O) groups is 1. The molecule has 3 aliphatic rings. The van der Waals surface area contributed by atoms with Gasteiger partial charge in [-0.2, -0.15) is 0 Å². The summed E-state index contributed by atoms with van der Waals surface area (Å²) in [5.41, 5.74) is 0.0955. The van der Waals surface area contributed by atoms with Crippen LogP contribution in [-0.2, 0) is 4.79 Å². The molecular weight excluding hydrogens is 260 g/mol. The summed E-state index contributed by atoms with van der Waals surface area (Å²) in [4.78, 5) is 11.7. The number of hydrogen-bond donors (Lipinski definition) is 1. The van der Waals surface area contributed by atoms with Gasteiger partial charge in [0.15, 0.2) is 0 Å². The van der Waals surface area contributed by atoms with E-state index in [1.807, 2.05) is 6.92 Å². The third-order valence-corrected chi connectivity index (χ3v) is 7.03. The van der Waals surface area contributed by atoms with Crippen molar-refractivity contribution in [2.75, 3.05) is 0 Å². The van der Waals surface area contributed by atoms with Gasteiger partial charge in [-0.15, -0.1) is 0 Å². The minimum Gasteiger partial charge on any atom is -0.481 e. The largest absolute Gasteiger partial charge is 0.481 e. The van der Waals surface area contributed by atoms with Gasteiger partial charge in [0.1, 0.15) is 0 Å². The van der Waals surface area contributed by atoms with Crippen molar-refractivity contribution < 1.29 is 9.90 Å². The SMILES string of the molecule is CC(C)(C)C1CCC(C23C=CC(C2)C(C)(C(=O)O)C3)CC1. The van der Waals surface area contributed by atoms with E-state index in [2.05, 4.69) is 32.9 Å². The summed E-state index contributed by atoms with van der Waals surface area (Å²) in [5.74, 6) is 1.20. The van der Waals surface area contributed by atoms with E-state index < -0.39 is 11.4 Å². The number of carboxylic acids is 1. The first-order valence-corrected chi connectivity index (χ1v) is 8.60. The second-order valence-corrected chi connectivity index (χ2v) is 9.22. The molecule has 2 saturated carbocycles. The maximum atomic E-state index is 11.7. The maximum absolute atomic E-state index is 11.7. The molecule has 3 atom stereocenters. The zero-order valence-electron chi connectivity index (χ0n) is 14.0. The van der Waals surface area contributed by atoms with Crippen LogP contribution in [0.2, 0.25) is 0 Å². The molecule has 21 heavy (non-hydrogen) atoms. The van der Waals surface area contributed by atoms with Gasteiger partial charge in [0, 0.05) is 0 Å².